The first-order valence-electron chi connectivity index (χ1n) is 7.95. The number of nitrogens with zero attached hydrogens (tertiary/aromatic N) is 1. The maximum atomic E-state index is 12.2. The van der Waals surface area contributed by atoms with Gasteiger partial charge in [-0.1, -0.05) is 18.2 Å². The Morgan fingerprint density at radius 2 is 2.14 bits per heavy atom. The fraction of sp³-hybridized carbons (Fsp3) is 0.588. The molecule has 2 rings (SSSR count). The summed E-state index contributed by atoms with van der Waals surface area (Å²) in [6.07, 6.45) is 2.64. The molecule has 0 aromatic heterocycles. The zero-order valence-electron chi connectivity index (χ0n) is 13.5. The molecule has 0 heterocycles. The number of hydrogen-bond acceptors (Lipinski definition) is 4. The molecule has 2 atom stereocenters. The number of ether oxygens (including phenoxy) is 1. The number of nitrogens with one attached hydrogen (secondary N) is 1. The number of benzene rings is 1. The second kappa shape index (κ2) is 8.15. The van der Waals surface area contributed by atoms with Crippen LogP contribution in [0.3, 0.4) is 0 Å². The third-order valence-corrected chi connectivity index (χ3v) is 4.07. The van der Waals surface area contributed by atoms with Gasteiger partial charge in [0.15, 0.2) is 0 Å². The molecule has 0 spiro atoms. The third kappa shape index (κ3) is 5.00. The fourth-order valence-electron chi connectivity index (χ4n) is 2.71. The van der Waals surface area contributed by atoms with Crippen LogP contribution in [0.25, 0.3) is 0 Å². The molecule has 1 aliphatic carbocycles. The molecule has 5 heteroatoms. The Morgan fingerprint density at radius 1 is 1.36 bits per heavy atom. The fourth-order valence-corrected chi connectivity index (χ4v) is 2.71. The monoisotopic (exact) mass is 305 g/mol. The highest BCUT2D eigenvalue weighted by Crippen LogP contribution is 2.24. The van der Waals surface area contributed by atoms with Crippen LogP contribution in [-0.2, 0) is 11.3 Å². The zero-order chi connectivity index (χ0) is 15.9. The van der Waals surface area contributed by atoms with E-state index in [1.54, 1.807) is 0 Å². The first kappa shape index (κ1) is 16.8. The van der Waals surface area contributed by atoms with Crippen molar-refractivity contribution in [2.24, 2.45) is 11.7 Å². The van der Waals surface area contributed by atoms with Crippen molar-refractivity contribution in [3.05, 3.63) is 29.8 Å². The highest BCUT2D eigenvalue weighted by Gasteiger charge is 2.27. The Morgan fingerprint density at radius 3 is 2.82 bits per heavy atom. The molecule has 1 fully saturated rings. The zero-order valence-corrected chi connectivity index (χ0v) is 13.5. The molecule has 22 heavy (non-hydrogen) atoms. The molecule has 1 saturated carbocycles. The largest absolute Gasteiger partial charge is 0.492 e. The summed E-state index contributed by atoms with van der Waals surface area (Å²) in [5, 5.41) is 3.02. The van der Waals surface area contributed by atoms with E-state index in [1.165, 1.54) is 0 Å². The lowest BCUT2D eigenvalue weighted by Crippen LogP contribution is -2.30. The average molecular weight is 305 g/mol. The number of hydrogen-bond donors (Lipinski definition) is 2. The Labute approximate surface area is 132 Å². The molecule has 0 bridgehead atoms. The first-order valence-corrected chi connectivity index (χ1v) is 7.95. The molecule has 0 aliphatic heterocycles. The molecule has 2 unspecified atom stereocenters. The summed E-state index contributed by atoms with van der Waals surface area (Å²) in [5.74, 6) is 1.01. The minimum atomic E-state index is 0.0665. The number of nitrogens with two attached hydrogens (primary N) is 1. The quantitative estimate of drug-likeness (QED) is 0.798. The van der Waals surface area contributed by atoms with Crippen molar-refractivity contribution in [1.82, 2.24) is 10.2 Å². The van der Waals surface area contributed by atoms with Crippen molar-refractivity contribution in [3.8, 4) is 5.75 Å². The molecular weight excluding hydrogens is 278 g/mol. The number of likely N-dealkylation sites (N-methyl/N-ethyl adjacent to an activating group) is 1. The van der Waals surface area contributed by atoms with E-state index in [0.717, 1.165) is 37.1 Å². The van der Waals surface area contributed by atoms with Gasteiger partial charge in [-0.05, 0) is 39.4 Å². The summed E-state index contributed by atoms with van der Waals surface area (Å²) in [6, 6.07) is 8.03. The average Bonchev–Trinajstić information content (AvgIpc) is 2.92. The summed E-state index contributed by atoms with van der Waals surface area (Å²) in [4.78, 5) is 14.2. The SMILES string of the molecule is CN(C)CCOc1ccccc1CNC(=O)C1CCC(N)C1. The Kier molecular flexibility index (Phi) is 6.21. The van der Waals surface area contributed by atoms with Gasteiger partial charge in [0, 0.05) is 30.6 Å². The number of para-hydroxylation sites is 1. The molecule has 122 valence electrons. The lowest BCUT2D eigenvalue weighted by atomic mass is 10.1. The van der Waals surface area contributed by atoms with Gasteiger partial charge < -0.3 is 20.7 Å². The maximum Gasteiger partial charge on any atom is 0.223 e. The summed E-state index contributed by atoms with van der Waals surface area (Å²) in [7, 11) is 4.03. The van der Waals surface area contributed by atoms with Crippen LogP contribution in [0.2, 0.25) is 0 Å². The molecule has 0 saturated heterocycles. The van der Waals surface area contributed by atoms with Gasteiger partial charge in [-0.25, -0.2) is 0 Å². The molecule has 1 aliphatic rings. The molecule has 3 N–H and O–H groups in total. The van der Waals surface area contributed by atoms with E-state index in [1.807, 2.05) is 38.4 Å². The summed E-state index contributed by atoms with van der Waals surface area (Å²) >= 11 is 0. The third-order valence-electron chi connectivity index (χ3n) is 4.07. The van der Waals surface area contributed by atoms with Gasteiger partial charge in [0.25, 0.3) is 0 Å². The second-order valence-electron chi connectivity index (χ2n) is 6.25. The molecule has 1 aromatic carbocycles. The van der Waals surface area contributed by atoms with Crippen LogP contribution in [0.5, 0.6) is 5.75 Å². The maximum absolute atomic E-state index is 12.2. The van der Waals surface area contributed by atoms with Gasteiger partial charge in [0.1, 0.15) is 12.4 Å². The summed E-state index contributed by atoms with van der Waals surface area (Å²) < 4.78 is 5.81. The predicted octanol–water partition coefficient (Wildman–Crippen LogP) is 1.37. The van der Waals surface area contributed by atoms with Gasteiger partial charge in [0.2, 0.25) is 5.91 Å². The number of carbonyl (C=O) groups is 1. The second-order valence-corrected chi connectivity index (χ2v) is 6.25. The van der Waals surface area contributed by atoms with Crippen molar-refractivity contribution in [2.45, 2.75) is 31.8 Å². The van der Waals surface area contributed by atoms with Gasteiger partial charge in [-0.3, -0.25) is 4.79 Å². The van der Waals surface area contributed by atoms with Crippen LogP contribution in [0.4, 0.5) is 0 Å². The first-order chi connectivity index (χ1) is 10.6. The van der Waals surface area contributed by atoms with Crippen molar-refractivity contribution >= 4 is 5.91 Å². The van der Waals surface area contributed by atoms with E-state index in [9.17, 15) is 4.79 Å². The summed E-state index contributed by atoms with van der Waals surface area (Å²) in [5.41, 5.74) is 6.88. The van der Waals surface area contributed by atoms with E-state index in [-0.39, 0.29) is 17.9 Å². The lowest BCUT2D eigenvalue weighted by Gasteiger charge is -2.15. The Bertz CT molecular complexity index is 491. The highest BCUT2D eigenvalue weighted by atomic mass is 16.5. The predicted molar refractivity (Wildman–Crippen MR) is 87.7 cm³/mol. The van der Waals surface area contributed by atoms with E-state index in [4.69, 9.17) is 10.5 Å². The van der Waals surface area contributed by atoms with E-state index in [2.05, 4.69) is 10.2 Å². The van der Waals surface area contributed by atoms with E-state index in [0.29, 0.717) is 13.2 Å². The Hall–Kier alpha value is -1.59. The van der Waals surface area contributed by atoms with E-state index >= 15 is 0 Å². The van der Waals surface area contributed by atoms with Crippen molar-refractivity contribution in [1.29, 1.82) is 0 Å². The topological polar surface area (TPSA) is 67.6 Å². The molecule has 0 radical (unpaired) electrons. The van der Waals surface area contributed by atoms with Crippen LogP contribution >= 0.6 is 0 Å². The smallest absolute Gasteiger partial charge is 0.223 e. The number of rotatable bonds is 7. The molecule has 1 aromatic rings. The molecule has 1 amide bonds. The van der Waals surface area contributed by atoms with Crippen LogP contribution in [0, 0.1) is 5.92 Å². The molecule has 5 nitrogen and oxygen atoms in total. The van der Waals surface area contributed by atoms with Gasteiger partial charge in [-0.15, -0.1) is 0 Å². The van der Waals surface area contributed by atoms with Crippen LogP contribution in [0.1, 0.15) is 24.8 Å². The minimum Gasteiger partial charge on any atom is -0.492 e. The van der Waals surface area contributed by atoms with Crippen LogP contribution < -0.4 is 15.8 Å². The molecular formula is C17H27N3O2. The standard InChI is InChI=1S/C17H27N3O2/c1-20(2)9-10-22-16-6-4-3-5-14(16)12-19-17(21)13-7-8-15(18)11-13/h3-6,13,15H,7-12,18H2,1-2H3,(H,19,21). The van der Waals surface area contributed by atoms with Crippen molar-refractivity contribution in [2.75, 3.05) is 27.2 Å². The van der Waals surface area contributed by atoms with Crippen molar-refractivity contribution < 1.29 is 9.53 Å². The number of amides is 1. The minimum absolute atomic E-state index is 0.0665. The Balaban J connectivity index is 1.85. The number of carbonyl (C=O) groups excluding carboxylic acids is 1. The van der Waals surface area contributed by atoms with Crippen molar-refractivity contribution in [3.63, 3.8) is 0 Å². The van der Waals surface area contributed by atoms with Crippen LogP contribution in [0.15, 0.2) is 24.3 Å². The normalized spacial score (nSPS) is 21.1. The summed E-state index contributed by atoms with van der Waals surface area (Å²) in [6.45, 7) is 2.00. The van der Waals surface area contributed by atoms with Crippen LogP contribution in [-0.4, -0.2) is 44.1 Å². The van der Waals surface area contributed by atoms with Gasteiger partial charge >= 0.3 is 0 Å². The van der Waals surface area contributed by atoms with E-state index < -0.39 is 0 Å². The van der Waals surface area contributed by atoms with Gasteiger partial charge in [-0.2, -0.15) is 0 Å². The van der Waals surface area contributed by atoms with Gasteiger partial charge in [0.05, 0.1) is 0 Å². The lowest BCUT2D eigenvalue weighted by molar-refractivity contribution is -0.125. The highest BCUT2D eigenvalue weighted by molar-refractivity contribution is 5.79.